The van der Waals surface area contributed by atoms with Crippen LogP contribution in [0.25, 0.3) is 28.3 Å². The van der Waals surface area contributed by atoms with Crippen LogP contribution in [0.4, 0.5) is 32.4 Å². The number of amides is 1. The largest absolute Gasteiger partial charge is 0.453 e. The van der Waals surface area contributed by atoms with Gasteiger partial charge >= 0.3 is 12.3 Å². The molecule has 1 N–H and O–H groups in total. The van der Waals surface area contributed by atoms with Crippen LogP contribution < -0.4 is 5.32 Å². The molecule has 2 heterocycles. The number of carbonyl (C=O) groups excluding carboxylic acids is 1. The summed E-state index contributed by atoms with van der Waals surface area (Å²) in [5.74, 6) is -2.26. The minimum atomic E-state index is -5.01. The first-order chi connectivity index (χ1) is 16.1. The molecular weight excluding hydrogens is 487 g/mol. The minimum Gasteiger partial charge on any atom is -0.453 e. The predicted molar refractivity (Wildman–Crippen MR) is 110 cm³/mol. The monoisotopic (exact) mass is 498 g/mol. The number of hydrogen-bond donors (Lipinski definition) is 1. The van der Waals surface area contributed by atoms with Gasteiger partial charge in [-0.05, 0) is 30.3 Å². The number of methoxy groups -OCH3 is 1. The van der Waals surface area contributed by atoms with E-state index in [1.807, 2.05) is 0 Å². The first kappa shape index (κ1) is 23.2. The van der Waals surface area contributed by atoms with Crippen LogP contribution in [0.15, 0.2) is 53.2 Å². The number of alkyl halides is 3. The molecule has 2 aromatic carbocycles. The van der Waals surface area contributed by atoms with E-state index in [-0.39, 0.29) is 22.0 Å². The zero-order chi connectivity index (χ0) is 24.6. The van der Waals surface area contributed by atoms with Crippen LogP contribution in [-0.4, -0.2) is 28.1 Å². The average molecular weight is 499 g/mol. The third kappa shape index (κ3) is 4.19. The molecule has 0 atom stereocenters. The summed E-state index contributed by atoms with van der Waals surface area (Å²) in [5, 5.41) is 9.43. The predicted octanol–water partition coefficient (Wildman–Crippen LogP) is 6.32. The van der Waals surface area contributed by atoms with Crippen molar-refractivity contribution in [3.63, 3.8) is 0 Å². The molecule has 0 saturated heterocycles. The Morgan fingerprint density at radius 2 is 1.91 bits per heavy atom. The first-order valence-corrected chi connectivity index (χ1v) is 9.70. The lowest BCUT2D eigenvalue weighted by Gasteiger charge is -2.13. The van der Waals surface area contributed by atoms with Crippen molar-refractivity contribution in [1.82, 2.24) is 14.9 Å². The van der Waals surface area contributed by atoms with Crippen LogP contribution >= 0.6 is 11.6 Å². The summed E-state index contributed by atoms with van der Waals surface area (Å²) in [6.07, 6.45) is -5.31. The average Bonchev–Trinajstić information content (AvgIpc) is 3.38. The SMILES string of the molecule is COC(=O)Nc1c(-c2c(F)cccc2Cl)noc1-c1cnn(-c2cccc(F)c2)c1C(F)(F)F. The van der Waals surface area contributed by atoms with E-state index in [0.29, 0.717) is 4.68 Å². The van der Waals surface area contributed by atoms with E-state index in [1.165, 1.54) is 24.3 Å². The maximum Gasteiger partial charge on any atom is 0.434 e. The zero-order valence-electron chi connectivity index (χ0n) is 17.0. The summed E-state index contributed by atoms with van der Waals surface area (Å²) in [4.78, 5) is 11.9. The molecule has 4 aromatic rings. The molecular formula is C21H12ClF5N4O3. The van der Waals surface area contributed by atoms with Crippen LogP contribution in [0.2, 0.25) is 5.02 Å². The number of anilines is 1. The van der Waals surface area contributed by atoms with Gasteiger partial charge in [0.05, 0.1) is 35.1 Å². The minimum absolute atomic E-state index is 0.140. The molecule has 0 bridgehead atoms. The summed E-state index contributed by atoms with van der Waals surface area (Å²) in [6, 6.07) is 8.00. The Labute approximate surface area is 192 Å². The summed E-state index contributed by atoms with van der Waals surface area (Å²) in [7, 11) is 1.02. The fourth-order valence-electron chi connectivity index (χ4n) is 3.23. The maximum atomic E-state index is 14.5. The molecule has 4 rings (SSSR count). The number of carbonyl (C=O) groups is 1. The molecule has 13 heteroatoms. The van der Waals surface area contributed by atoms with Gasteiger partial charge in [-0.1, -0.05) is 28.9 Å². The van der Waals surface area contributed by atoms with Crippen molar-refractivity contribution in [3.05, 3.63) is 71.0 Å². The van der Waals surface area contributed by atoms with Crippen molar-refractivity contribution in [1.29, 1.82) is 0 Å². The van der Waals surface area contributed by atoms with Crippen LogP contribution in [0.5, 0.6) is 0 Å². The molecule has 0 aliphatic heterocycles. The number of rotatable bonds is 4. The van der Waals surface area contributed by atoms with Gasteiger partial charge in [0.1, 0.15) is 23.0 Å². The van der Waals surface area contributed by atoms with E-state index >= 15 is 0 Å². The maximum absolute atomic E-state index is 14.5. The van der Waals surface area contributed by atoms with Gasteiger partial charge < -0.3 is 9.26 Å². The molecule has 34 heavy (non-hydrogen) atoms. The van der Waals surface area contributed by atoms with E-state index < -0.39 is 46.6 Å². The van der Waals surface area contributed by atoms with Gasteiger partial charge in [0.2, 0.25) is 0 Å². The lowest BCUT2D eigenvalue weighted by atomic mass is 10.1. The zero-order valence-corrected chi connectivity index (χ0v) is 17.7. The van der Waals surface area contributed by atoms with Crippen molar-refractivity contribution in [3.8, 4) is 28.3 Å². The van der Waals surface area contributed by atoms with Gasteiger partial charge in [-0.3, -0.25) is 5.32 Å². The lowest BCUT2D eigenvalue weighted by molar-refractivity contribution is -0.142. The van der Waals surface area contributed by atoms with E-state index in [1.54, 1.807) is 0 Å². The highest BCUT2D eigenvalue weighted by atomic mass is 35.5. The molecule has 7 nitrogen and oxygen atoms in total. The number of nitrogens with zero attached hydrogens (tertiary/aromatic N) is 3. The summed E-state index contributed by atoms with van der Waals surface area (Å²) in [6.45, 7) is 0. The van der Waals surface area contributed by atoms with Crippen molar-refractivity contribution in [2.24, 2.45) is 0 Å². The number of benzene rings is 2. The number of hydrogen-bond acceptors (Lipinski definition) is 5. The van der Waals surface area contributed by atoms with Crippen LogP contribution in [0, 0.1) is 11.6 Å². The van der Waals surface area contributed by atoms with Crippen LogP contribution in [-0.2, 0) is 10.9 Å². The highest BCUT2D eigenvalue weighted by molar-refractivity contribution is 6.33. The molecule has 2 aromatic heterocycles. The van der Waals surface area contributed by atoms with E-state index in [9.17, 15) is 26.7 Å². The second-order valence-electron chi connectivity index (χ2n) is 6.74. The highest BCUT2D eigenvalue weighted by Gasteiger charge is 2.41. The van der Waals surface area contributed by atoms with Gasteiger partial charge in [0.15, 0.2) is 11.5 Å². The quantitative estimate of drug-likeness (QED) is 0.333. The Balaban J connectivity index is 1.98. The van der Waals surface area contributed by atoms with Crippen LogP contribution in [0.1, 0.15) is 5.69 Å². The van der Waals surface area contributed by atoms with Gasteiger partial charge in [-0.15, -0.1) is 0 Å². The molecule has 0 unspecified atom stereocenters. The molecule has 0 saturated carbocycles. The van der Waals surface area contributed by atoms with Crippen molar-refractivity contribution >= 4 is 23.4 Å². The summed E-state index contributed by atoms with van der Waals surface area (Å²) in [5.41, 5.74) is -3.38. The van der Waals surface area contributed by atoms with Crippen molar-refractivity contribution in [2.45, 2.75) is 6.18 Å². The fourth-order valence-corrected chi connectivity index (χ4v) is 3.48. The van der Waals surface area contributed by atoms with E-state index in [0.717, 1.165) is 31.5 Å². The first-order valence-electron chi connectivity index (χ1n) is 9.32. The molecule has 0 radical (unpaired) electrons. The molecule has 1 amide bonds. The summed E-state index contributed by atoms with van der Waals surface area (Å²) < 4.78 is 80.7. The Kier molecular flexibility index (Phi) is 6.00. The molecule has 0 fully saturated rings. The van der Waals surface area contributed by atoms with E-state index in [2.05, 4.69) is 20.3 Å². The fraction of sp³-hybridized carbons (Fsp3) is 0.0952. The lowest BCUT2D eigenvalue weighted by Crippen LogP contribution is -2.15. The number of nitrogens with one attached hydrogen (secondary N) is 1. The number of aromatic nitrogens is 3. The second kappa shape index (κ2) is 8.78. The Morgan fingerprint density at radius 3 is 2.56 bits per heavy atom. The highest BCUT2D eigenvalue weighted by Crippen LogP contribution is 2.45. The van der Waals surface area contributed by atoms with Crippen LogP contribution in [0.3, 0.4) is 0 Å². The molecule has 0 spiro atoms. The molecule has 0 aliphatic carbocycles. The third-order valence-electron chi connectivity index (χ3n) is 4.64. The Hall–Kier alpha value is -3.93. The van der Waals surface area contributed by atoms with Crippen molar-refractivity contribution < 1.29 is 36.0 Å². The van der Waals surface area contributed by atoms with Gasteiger partial charge in [0, 0.05) is 0 Å². The number of ether oxygens (including phenoxy) is 1. The van der Waals surface area contributed by atoms with Gasteiger partial charge in [-0.2, -0.15) is 18.3 Å². The smallest absolute Gasteiger partial charge is 0.434 e. The van der Waals surface area contributed by atoms with Gasteiger partial charge in [0.25, 0.3) is 0 Å². The van der Waals surface area contributed by atoms with Crippen molar-refractivity contribution in [2.75, 3.05) is 12.4 Å². The van der Waals surface area contributed by atoms with E-state index in [4.69, 9.17) is 16.1 Å². The Morgan fingerprint density at radius 1 is 1.18 bits per heavy atom. The second-order valence-corrected chi connectivity index (χ2v) is 7.15. The molecule has 0 aliphatic rings. The number of halogens is 6. The molecule has 176 valence electrons. The summed E-state index contributed by atoms with van der Waals surface area (Å²) >= 11 is 6.07. The third-order valence-corrected chi connectivity index (χ3v) is 4.95. The Bertz CT molecular complexity index is 1360. The standard InChI is InChI=1S/C21H12ClF5N4O3/c1-33-20(32)29-17-16(15-13(22)6-3-7-14(15)24)30-34-18(17)12-9-28-31(19(12)21(25,26)27)11-5-2-4-10(23)8-11/h2-9H,1H3,(H,29,32). The van der Waals surface area contributed by atoms with Gasteiger partial charge in [-0.25, -0.2) is 18.3 Å². The normalized spacial score (nSPS) is 11.5. The topological polar surface area (TPSA) is 82.2 Å².